The molecule has 0 aromatic carbocycles. The lowest BCUT2D eigenvalue weighted by Crippen LogP contribution is -2.52. The van der Waals surface area contributed by atoms with Crippen molar-refractivity contribution in [2.24, 2.45) is 5.41 Å². The zero-order valence-corrected chi connectivity index (χ0v) is 9.14. The summed E-state index contributed by atoms with van der Waals surface area (Å²) >= 11 is 0. The van der Waals surface area contributed by atoms with E-state index in [1.807, 2.05) is 0 Å². The van der Waals surface area contributed by atoms with Crippen LogP contribution in [0.2, 0.25) is 0 Å². The molecule has 1 saturated heterocycles. The van der Waals surface area contributed by atoms with Gasteiger partial charge in [-0.1, -0.05) is 19.9 Å². The van der Waals surface area contributed by atoms with E-state index in [1.165, 1.54) is 6.54 Å². The van der Waals surface area contributed by atoms with Crippen molar-refractivity contribution in [3.8, 4) is 0 Å². The summed E-state index contributed by atoms with van der Waals surface area (Å²) in [6.45, 7) is 15.2. The Hall–Kier alpha value is -0.340. The molecule has 1 N–H and O–H groups in total. The quantitative estimate of drug-likeness (QED) is 0.665. The summed E-state index contributed by atoms with van der Waals surface area (Å²) in [6, 6.07) is 0.660. The molecule has 0 aromatic rings. The van der Waals surface area contributed by atoms with Gasteiger partial charge in [0.25, 0.3) is 0 Å². The monoisotopic (exact) mass is 182 g/mol. The number of hydrogen-bond donors (Lipinski definition) is 1. The number of nitrogens with zero attached hydrogens (tertiary/aromatic N) is 1. The molecule has 0 saturated carbocycles. The molecular formula is C11H22N2. The summed E-state index contributed by atoms with van der Waals surface area (Å²) in [5.74, 6) is 0. The highest BCUT2D eigenvalue weighted by atomic mass is 15.2. The molecule has 0 spiro atoms. The zero-order chi connectivity index (χ0) is 9.90. The first-order chi connectivity index (χ1) is 6.05. The molecule has 1 fully saturated rings. The number of rotatable bonds is 3. The maximum absolute atomic E-state index is 3.88. The Morgan fingerprint density at radius 1 is 1.62 bits per heavy atom. The van der Waals surface area contributed by atoms with E-state index in [0.717, 1.165) is 19.6 Å². The van der Waals surface area contributed by atoms with E-state index in [9.17, 15) is 0 Å². The summed E-state index contributed by atoms with van der Waals surface area (Å²) < 4.78 is 0. The minimum Gasteiger partial charge on any atom is -0.314 e. The molecule has 1 heterocycles. The molecule has 2 heteroatoms. The van der Waals surface area contributed by atoms with E-state index < -0.39 is 0 Å². The Kier molecular flexibility index (Phi) is 3.51. The standard InChI is InChI=1S/C11H22N2/c1-5-11(3,4)9-13-7-6-12-8-10(13)2/h5,10,12H,1,6-9H2,2-4H3. The first kappa shape index (κ1) is 10.7. The van der Waals surface area contributed by atoms with Crippen molar-refractivity contribution in [3.05, 3.63) is 12.7 Å². The van der Waals surface area contributed by atoms with Gasteiger partial charge in [-0.05, 0) is 12.3 Å². The smallest absolute Gasteiger partial charge is 0.0193 e. The fourth-order valence-electron chi connectivity index (χ4n) is 1.71. The molecule has 0 bridgehead atoms. The Morgan fingerprint density at radius 2 is 2.31 bits per heavy atom. The number of hydrogen-bond acceptors (Lipinski definition) is 2. The second kappa shape index (κ2) is 4.25. The van der Waals surface area contributed by atoms with Crippen LogP contribution in [-0.4, -0.2) is 37.1 Å². The summed E-state index contributed by atoms with van der Waals surface area (Å²) in [4.78, 5) is 2.54. The molecular weight excluding hydrogens is 160 g/mol. The first-order valence-corrected chi connectivity index (χ1v) is 5.13. The fourth-order valence-corrected chi connectivity index (χ4v) is 1.71. The van der Waals surface area contributed by atoms with Crippen LogP contribution in [0.4, 0.5) is 0 Å². The molecule has 0 radical (unpaired) electrons. The van der Waals surface area contributed by atoms with Crippen molar-refractivity contribution in [3.63, 3.8) is 0 Å². The van der Waals surface area contributed by atoms with Crippen molar-refractivity contribution in [1.82, 2.24) is 10.2 Å². The van der Waals surface area contributed by atoms with Gasteiger partial charge in [-0.3, -0.25) is 4.90 Å². The van der Waals surface area contributed by atoms with Gasteiger partial charge < -0.3 is 5.32 Å². The molecule has 1 unspecified atom stereocenters. The van der Waals surface area contributed by atoms with E-state index >= 15 is 0 Å². The number of piperazine rings is 1. The molecule has 0 aromatic heterocycles. The summed E-state index contributed by atoms with van der Waals surface area (Å²) in [5, 5.41) is 3.40. The van der Waals surface area contributed by atoms with Crippen LogP contribution in [-0.2, 0) is 0 Å². The second-order valence-corrected chi connectivity index (χ2v) is 4.72. The topological polar surface area (TPSA) is 15.3 Å². The predicted octanol–water partition coefficient (Wildman–Crippen LogP) is 1.49. The lowest BCUT2D eigenvalue weighted by atomic mass is 9.92. The summed E-state index contributed by atoms with van der Waals surface area (Å²) in [7, 11) is 0. The molecule has 1 aliphatic heterocycles. The van der Waals surface area contributed by atoms with Crippen LogP contribution in [0.25, 0.3) is 0 Å². The highest BCUT2D eigenvalue weighted by molar-refractivity contribution is 4.92. The van der Waals surface area contributed by atoms with Crippen LogP contribution in [0, 0.1) is 5.41 Å². The third-order valence-corrected chi connectivity index (χ3v) is 2.80. The van der Waals surface area contributed by atoms with E-state index in [-0.39, 0.29) is 5.41 Å². The van der Waals surface area contributed by atoms with Crippen LogP contribution in [0.5, 0.6) is 0 Å². The lowest BCUT2D eigenvalue weighted by Gasteiger charge is -2.38. The Balaban J connectivity index is 2.46. The van der Waals surface area contributed by atoms with Crippen molar-refractivity contribution in [2.45, 2.75) is 26.8 Å². The normalized spacial score (nSPS) is 25.9. The minimum atomic E-state index is 0.242. The SMILES string of the molecule is C=CC(C)(C)CN1CCNCC1C. The average molecular weight is 182 g/mol. The van der Waals surface area contributed by atoms with Gasteiger partial charge in [0.2, 0.25) is 0 Å². The summed E-state index contributed by atoms with van der Waals surface area (Å²) in [5.41, 5.74) is 0.242. The Bertz CT molecular complexity index is 175. The van der Waals surface area contributed by atoms with Crippen LogP contribution in [0.15, 0.2) is 12.7 Å². The van der Waals surface area contributed by atoms with Gasteiger partial charge in [0, 0.05) is 32.2 Å². The van der Waals surface area contributed by atoms with Gasteiger partial charge in [0.15, 0.2) is 0 Å². The maximum Gasteiger partial charge on any atom is 0.0193 e. The third kappa shape index (κ3) is 3.12. The van der Waals surface area contributed by atoms with Crippen molar-refractivity contribution in [1.29, 1.82) is 0 Å². The van der Waals surface area contributed by atoms with Crippen molar-refractivity contribution >= 4 is 0 Å². The van der Waals surface area contributed by atoms with Gasteiger partial charge in [0.1, 0.15) is 0 Å². The van der Waals surface area contributed by atoms with Crippen LogP contribution < -0.4 is 5.32 Å². The molecule has 1 atom stereocenters. The van der Waals surface area contributed by atoms with Crippen LogP contribution in [0.3, 0.4) is 0 Å². The molecule has 0 amide bonds. The zero-order valence-electron chi connectivity index (χ0n) is 9.14. The lowest BCUT2D eigenvalue weighted by molar-refractivity contribution is 0.134. The van der Waals surface area contributed by atoms with Gasteiger partial charge in [0.05, 0.1) is 0 Å². The Morgan fingerprint density at radius 3 is 2.85 bits per heavy atom. The van der Waals surface area contributed by atoms with Gasteiger partial charge in [-0.25, -0.2) is 0 Å². The largest absolute Gasteiger partial charge is 0.314 e. The first-order valence-electron chi connectivity index (χ1n) is 5.13. The molecule has 1 rings (SSSR count). The number of nitrogens with one attached hydrogen (secondary N) is 1. The highest BCUT2D eigenvalue weighted by Gasteiger charge is 2.23. The molecule has 1 aliphatic rings. The van der Waals surface area contributed by atoms with E-state index in [1.54, 1.807) is 0 Å². The molecule has 13 heavy (non-hydrogen) atoms. The highest BCUT2D eigenvalue weighted by Crippen LogP contribution is 2.19. The second-order valence-electron chi connectivity index (χ2n) is 4.72. The third-order valence-electron chi connectivity index (χ3n) is 2.80. The maximum atomic E-state index is 3.88. The minimum absolute atomic E-state index is 0.242. The average Bonchev–Trinajstić information content (AvgIpc) is 2.09. The predicted molar refractivity (Wildman–Crippen MR) is 57.9 cm³/mol. The summed E-state index contributed by atoms with van der Waals surface area (Å²) in [6.07, 6.45) is 2.06. The molecule has 2 nitrogen and oxygen atoms in total. The van der Waals surface area contributed by atoms with Crippen LogP contribution in [0.1, 0.15) is 20.8 Å². The van der Waals surface area contributed by atoms with Crippen molar-refractivity contribution in [2.75, 3.05) is 26.2 Å². The van der Waals surface area contributed by atoms with Crippen LogP contribution >= 0.6 is 0 Å². The molecule has 76 valence electrons. The molecule has 0 aliphatic carbocycles. The van der Waals surface area contributed by atoms with Gasteiger partial charge in [-0.15, -0.1) is 6.58 Å². The van der Waals surface area contributed by atoms with E-state index in [0.29, 0.717) is 6.04 Å². The van der Waals surface area contributed by atoms with Crippen molar-refractivity contribution < 1.29 is 0 Å². The van der Waals surface area contributed by atoms with E-state index in [4.69, 9.17) is 0 Å². The van der Waals surface area contributed by atoms with E-state index in [2.05, 4.69) is 43.6 Å². The van der Waals surface area contributed by atoms with Gasteiger partial charge in [-0.2, -0.15) is 0 Å². The fraction of sp³-hybridized carbons (Fsp3) is 0.818. The van der Waals surface area contributed by atoms with Gasteiger partial charge >= 0.3 is 0 Å². The Labute approximate surface area is 82.0 Å².